The summed E-state index contributed by atoms with van der Waals surface area (Å²) in [4.78, 5) is 24.4. The highest BCUT2D eigenvalue weighted by Gasteiger charge is 2.25. The molecule has 14 heteroatoms. The molecule has 1 N–H and O–H groups in total. The third-order valence-corrected chi connectivity index (χ3v) is 9.76. The number of pyridine rings is 2. The molecule has 0 radical (unpaired) electrons. The Kier molecular flexibility index (Phi) is 9.90. The average Bonchev–Trinajstić information content (AvgIpc) is 3.59. The molecule has 0 bridgehead atoms. The molecule has 250 valence electrons. The first kappa shape index (κ1) is 33.7. The highest BCUT2D eigenvalue weighted by Crippen LogP contribution is 2.48. The van der Waals surface area contributed by atoms with Crippen molar-refractivity contribution >= 4 is 69.2 Å². The Morgan fingerprint density at radius 2 is 1.62 bits per heavy atom. The van der Waals surface area contributed by atoms with Crippen molar-refractivity contribution in [2.24, 2.45) is 0 Å². The minimum absolute atomic E-state index is 0.306. The van der Waals surface area contributed by atoms with Crippen molar-refractivity contribution in [3.63, 3.8) is 0 Å². The van der Waals surface area contributed by atoms with Crippen LogP contribution in [-0.4, -0.2) is 90.5 Å². The topological polar surface area (TPSA) is 96.7 Å². The van der Waals surface area contributed by atoms with Gasteiger partial charge in [0.2, 0.25) is 5.91 Å². The lowest BCUT2D eigenvalue weighted by Gasteiger charge is -2.37. The molecule has 1 aliphatic heterocycles. The first-order chi connectivity index (χ1) is 23.2. The maximum atomic E-state index is 12.6. The molecule has 3 aromatic heterocycles. The molecule has 0 spiro atoms. The molecule has 1 fully saturated rings. The van der Waals surface area contributed by atoms with Gasteiger partial charge >= 0.3 is 0 Å². The molecule has 48 heavy (non-hydrogen) atoms. The van der Waals surface area contributed by atoms with Crippen LogP contribution >= 0.6 is 35.3 Å². The number of ether oxygens (including phenoxy) is 3. The number of carbonyl (C=O) groups excluding carboxylic acids is 1. The predicted octanol–water partition coefficient (Wildman–Crippen LogP) is 6.92. The molecule has 0 saturated carbocycles. The number of hydrogen-bond donors (Lipinski definition) is 1. The Hall–Kier alpha value is -4.20. The lowest BCUT2D eigenvalue weighted by molar-refractivity contribution is -0.111. The van der Waals surface area contributed by atoms with Crippen LogP contribution in [0.25, 0.3) is 38.9 Å². The lowest BCUT2D eigenvalue weighted by atomic mass is 10.0. The molecule has 1 amide bonds. The fourth-order valence-electron chi connectivity index (χ4n) is 5.87. The third kappa shape index (κ3) is 6.34. The Morgan fingerprint density at radius 1 is 0.938 bits per heavy atom. The van der Waals surface area contributed by atoms with E-state index in [0.29, 0.717) is 61.0 Å². The number of aromatic nitrogens is 3. The van der Waals surface area contributed by atoms with Gasteiger partial charge in [0.05, 0.1) is 54.0 Å². The van der Waals surface area contributed by atoms with Crippen LogP contribution in [0.5, 0.6) is 17.2 Å². The zero-order valence-electron chi connectivity index (χ0n) is 27.2. The number of halogens is 2. The second kappa shape index (κ2) is 14.1. The second-order valence-corrected chi connectivity index (χ2v) is 13.3. The van der Waals surface area contributed by atoms with Crippen molar-refractivity contribution in [3.8, 4) is 39.6 Å². The molecular formula is C34H35Cl2N7O4S. The summed E-state index contributed by atoms with van der Waals surface area (Å²) in [5, 5.41) is 4.51. The first-order valence-electron chi connectivity index (χ1n) is 15.0. The predicted molar refractivity (Wildman–Crippen MR) is 195 cm³/mol. The number of carbonyl (C=O) groups is 1. The maximum Gasteiger partial charge on any atom is 0.247 e. The third-order valence-electron chi connectivity index (χ3n) is 8.09. The number of methoxy groups -OCH3 is 3. The number of hydrogen-bond acceptors (Lipinski definition) is 10. The number of rotatable bonds is 10. The molecule has 6 rings (SSSR count). The molecule has 2 aromatic carbocycles. The van der Waals surface area contributed by atoms with E-state index < -0.39 is 0 Å². The zero-order valence-corrected chi connectivity index (χ0v) is 29.5. The van der Waals surface area contributed by atoms with Gasteiger partial charge in [-0.1, -0.05) is 29.8 Å². The Balaban J connectivity index is 1.47. The van der Waals surface area contributed by atoms with Crippen LogP contribution in [0.2, 0.25) is 10.0 Å². The summed E-state index contributed by atoms with van der Waals surface area (Å²) in [7, 11) is 8.77. The van der Waals surface area contributed by atoms with E-state index in [4.69, 9.17) is 42.4 Å². The van der Waals surface area contributed by atoms with Crippen LogP contribution in [0.3, 0.4) is 0 Å². The largest absolute Gasteiger partial charge is 0.496 e. The van der Waals surface area contributed by atoms with Gasteiger partial charge in [-0.3, -0.25) is 14.2 Å². The molecule has 11 nitrogen and oxygen atoms in total. The summed E-state index contributed by atoms with van der Waals surface area (Å²) in [6.07, 6.45) is 6.63. The van der Waals surface area contributed by atoms with Crippen molar-refractivity contribution in [1.29, 1.82) is 0 Å². The van der Waals surface area contributed by atoms with Crippen LogP contribution in [0.15, 0.2) is 61.6 Å². The molecule has 0 atom stereocenters. The summed E-state index contributed by atoms with van der Waals surface area (Å²) in [5.41, 5.74) is 5.57. The molecule has 0 unspecified atom stereocenters. The minimum atomic E-state index is -0.306. The standard InChI is InChI=1S/C34H35Cl2N7O4S/c1-7-30(44)39-24-15-21(27(45-4)17-26(24)41-10-12-42(13-11-41)48-40(2)3)23-16-25-20(19-38-23)14-22(34-37-8-9-43(25)34)31-32(35)28(46-5)18-29(47-6)33(31)36/h7-9,14-19H,1,10-13H2,2-6H3,(H,39,44). The van der Waals surface area contributed by atoms with Gasteiger partial charge in [0.25, 0.3) is 0 Å². The number of imidazole rings is 1. The Bertz CT molecular complexity index is 2000. The smallest absolute Gasteiger partial charge is 0.247 e. The van der Waals surface area contributed by atoms with Gasteiger partial charge in [-0.25, -0.2) is 13.6 Å². The minimum Gasteiger partial charge on any atom is -0.496 e. The van der Waals surface area contributed by atoms with E-state index in [1.165, 1.54) is 20.3 Å². The fraction of sp³-hybridized carbons (Fsp3) is 0.265. The van der Waals surface area contributed by atoms with E-state index in [-0.39, 0.29) is 5.91 Å². The monoisotopic (exact) mass is 707 g/mol. The van der Waals surface area contributed by atoms with Gasteiger partial charge in [-0.05, 0) is 38.4 Å². The molecule has 5 aromatic rings. The van der Waals surface area contributed by atoms with Crippen LogP contribution in [0.4, 0.5) is 11.4 Å². The Labute approximate surface area is 293 Å². The SMILES string of the molecule is C=CC(=O)Nc1cc(-c2cc3c(cn2)cc(-c2c(Cl)c(OC)cc(OC)c2Cl)c2nccn23)c(OC)cc1N1CCN(SN(C)C)CC1. The van der Waals surface area contributed by atoms with Crippen molar-refractivity contribution < 1.29 is 19.0 Å². The van der Waals surface area contributed by atoms with Crippen molar-refractivity contribution in [3.05, 3.63) is 71.6 Å². The van der Waals surface area contributed by atoms with E-state index in [9.17, 15) is 4.79 Å². The highest BCUT2D eigenvalue weighted by atomic mass is 35.5. The van der Waals surface area contributed by atoms with Gasteiger partial charge in [-0.15, -0.1) is 0 Å². The molecule has 4 heterocycles. The van der Waals surface area contributed by atoms with Gasteiger partial charge < -0.3 is 24.4 Å². The van der Waals surface area contributed by atoms with Crippen molar-refractivity contribution in [2.75, 3.05) is 71.8 Å². The average molecular weight is 709 g/mol. The van der Waals surface area contributed by atoms with E-state index in [1.54, 1.807) is 37.7 Å². The van der Waals surface area contributed by atoms with E-state index in [2.05, 4.69) is 30.4 Å². The van der Waals surface area contributed by atoms with Gasteiger partial charge in [0.1, 0.15) is 22.9 Å². The number of amides is 1. The van der Waals surface area contributed by atoms with Crippen LogP contribution in [0.1, 0.15) is 0 Å². The summed E-state index contributed by atoms with van der Waals surface area (Å²) in [6, 6.07) is 9.44. The molecule has 1 saturated heterocycles. The second-order valence-electron chi connectivity index (χ2n) is 11.2. The molecular weight excluding hydrogens is 673 g/mol. The van der Waals surface area contributed by atoms with Crippen LogP contribution < -0.4 is 24.4 Å². The number of nitrogens with one attached hydrogen (secondary N) is 1. The van der Waals surface area contributed by atoms with E-state index >= 15 is 0 Å². The summed E-state index contributed by atoms with van der Waals surface area (Å²) >= 11 is 15.3. The quantitative estimate of drug-likeness (QED) is 0.122. The molecule has 0 aliphatic carbocycles. The normalized spacial score (nSPS) is 13.7. The number of anilines is 2. The van der Waals surface area contributed by atoms with Crippen LogP contribution in [0, 0.1) is 0 Å². The lowest BCUT2D eigenvalue weighted by Crippen LogP contribution is -2.44. The van der Waals surface area contributed by atoms with Crippen molar-refractivity contribution in [2.45, 2.75) is 0 Å². The van der Waals surface area contributed by atoms with Gasteiger partial charge in [-0.2, -0.15) is 0 Å². The highest BCUT2D eigenvalue weighted by molar-refractivity contribution is 7.94. The summed E-state index contributed by atoms with van der Waals surface area (Å²) in [5.74, 6) is 1.17. The fourth-order valence-corrected chi connectivity index (χ4v) is 7.36. The summed E-state index contributed by atoms with van der Waals surface area (Å²) in [6.45, 7) is 6.93. The molecule has 1 aliphatic rings. The van der Waals surface area contributed by atoms with Gasteiger partial charge in [0.15, 0.2) is 0 Å². The zero-order chi connectivity index (χ0) is 34.1. The van der Waals surface area contributed by atoms with Crippen molar-refractivity contribution in [1.82, 2.24) is 23.0 Å². The van der Waals surface area contributed by atoms with E-state index in [0.717, 1.165) is 42.8 Å². The van der Waals surface area contributed by atoms with E-state index in [1.807, 2.05) is 49.0 Å². The number of fused-ring (bicyclic) bond motifs is 3. The summed E-state index contributed by atoms with van der Waals surface area (Å²) < 4.78 is 23.3. The first-order valence-corrected chi connectivity index (χ1v) is 16.5. The number of piperazine rings is 1. The number of benzene rings is 2. The van der Waals surface area contributed by atoms with Gasteiger partial charge in [0, 0.05) is 91.1 Å². The van der Waals surface area contributed by atoms with Crippen LogP contribution in [-0.2, 0) is 4.79 Å². The Morgan fingerprint density at radius 3 is 2.25 bits per heavy atom. The maximum absolute atomic E-state index is 12.6. The number of nitrogens with zero attached hydrogens (tertiary/aromatic N) is 6.